The van der Waals surface area contributed by atoms with E-state index < -0.39 is 10.1 Å². The van der Waals surface area contributed by atoms with Crippen molar-refractivity contribution in [1.82, 2.24) is 0 Å². The Kier molecular flexibility index (Phi) is 4.76. The molecule has 1 rings (SSSR count). The van der Waals surface area contributed by atoms with E-state index in [1.54, 1.807) is 0 Å². The summed E-state index contributed by atoms with van der Waals surface area (Å²) in [6.45, 7) is 2.54. The van der Waals surface area contributed by atoms with E-state index in [1.165, 1.54) is 0 Å². The summed E-state index contributed by atoms with van der Waals surface area (Å²) in [6, 6.07) is 7.50. The van der Waals surface area contributed by atoms with E-state index in [1.807, 2.05) is 31.2 Å². The van der Waals surface area contributed by atoms with Crippen molar-refractivity contribution in [2.24, 2.45) is 0 Å². The van der Waals surface area contributed by atoms with Gasteiger partial charge in [0, 0.05) is 0 Å². The zero-order valence-corrected chi connectivity index (χ0v) is 10.0. The van der Waals surface area contributed by atoms with Crippen molar-refractivity contribution < 1.29 is 17.7 Å². The highest BCUT2D eigenvalue weighted by atomic mass is 32.2. The SMILES string of the molecule is CCOc1ccc(CCCS(=O)(=O)O)cc1. The van der Waals surface area contributed by atoms with Crippen LogP contribution in [0.25, 0.3) is 0 Å². The fourth-order valence-corrected chi connectivity index (χ4v) is 1.89. The van der Waals surface area contributed by atoms with E-state index in [0.29, 0.717) is 19.4 Å². The molecule has 4 nitrogen and oxygen atoms in total. The molecule has 0 atom stereocenters. The third-order valence-electron chi connectivity index (χ3n) is 2.10. The van der Waals surface area contributed by atoms with E-state index in [0.717, 1.165) is 11.3 Å². The maximum atomic E-state index is 10.5. The molecule has 0 amide bonds. The zero-order valence-electron chi connectivity index (χ0n) is 9.22. The Bertz CT molecular complexity index is 408. The van der Waals surface area contributed by atoms with Crippen LogP contribution in [0.3, 0.4) is 0 Å². The van der Waals surface area contributed by atoms with Crippen molar-refractivity contribution in [1.29, 1.82) is 0 Å². The molecule has 1 N–H and O–H groups in total. The van der Waals surface area contributed by atoms with Gasteiger partial charge in [0.15, 0.2) is 0 Å². The van der Waals surface area contributed by atoms with Crippen molar-refractivity contribution in [3.8, 4) is 5.75 Å². The molecule has 16 heavy (non-hydrogen) atoms. The molecule has 5 heteroatoms. The minimum absolute atomic E-state index is 0.194. The molecule has 0 heterocycles. The number of ether oxygens (including phenoxy) is 1. The molecule has 0 saturated heterocycles. The minimum atomic E-state index is -3.84. The van der Waals surface area contributed by atoms with Gasteiger partial charge in [0.25, 0.3) is 10.1 Å². The third-order valence-corrected chi connectivity index (χ3v) is 2.91. The largest absolute Gasteiger partial charge is 0.494 e. The number of hydrogen-bond acceptors (Lipinski definition) is 3. The first-order valence-corrected chi connectivity index (χ1v) is 6.79. The molecule has 1 aromatic rings. The Labute approximate surface area is 96.0 Å². The van der Waals surface area contributed by atoms with Gasteiger partial charge in [-0.05, 0) is 37.5 Å². The summed E-state index contributed by atoms with van der Waals surface area (Å²) in [6.07, 6.45) is 1.05. The first kappa shape index (κ1) is 13.0. The van der Waals surface area contributed by atoms with Crippen LogP contribution >= 0.6 is 0 Å². The summed E-state index contributed by atoms with van der Waals surface area (Å²) in [5.41, 5.74) is 1.03. The first-order valence-electron chi connectivity index (χ1n) is 5.18. The van der Waals surface area contributed by atoms with Crippen LogP contribution in [-0.2, 0) is 16.5 Å². The highest BCUT2D eigenvalue weighted by molar-refractivity contribution is 7.85. The number of hydrogen-bond donors (Lipinski definition) is 1. The standard InChI is InChI=1S/C11H16O4S/c1-2-15-11-7-5-10(6-8-11)4-3-9-16(12,13)14/h5-8H,2-4,9H2,1H3,(H,12,13,14). The predicted octanol–water partition coefficient (Wildman–Crippen LogP) is 1.91. The van der Waals surface area contributed by atoms with Crippen LogP contribution in [0.4, 0.5) is 0 Å². The van der Waals surface area contributed by atoms with Crippen molar-refractivity contribution in [3.05, 3.63) is 29.8 Å². The topological polar surface area (TPSA) is 63.6 Å². The van der Waals surface area contributed by atoms with Gasteiger partial charge < -0.3 is 4.74 Å². The molecule has 1 aromatic carbocycles. The highest BCUT2D eigenvalue weighted by Crippen LogP contribution is 2.13. The summed E-state index contributed by atoms with van der Waals surface area (Å²) in [5.74, 6) is 0.612. The molecular formula is C11H16O4S. The van der Waals surface area contributed by atoms with Gasteiger partial charge in [-0.2, -0.15) is 8.42 Å². The van der Waals surface area contributed by atoms with Crippen LogP contribution in [0.2, 0.25) is 0 Å². The van der Waals surface area contributed by atoms with Gasteiger partial charge in [0.2, 0.25) is 0 Å². The summed E-state index contributed by atoms with van der Waals surface area (Å²) in [5, 5.41) is 0. The summed E-state index contributed by atoms with van der Waals surface area (Å²) >= 11 is 0. The normalized spacial score (nSPS) is 11.4. The molecule has 0 fully saturated rings. The summed E-state index contributed by atoms with van der Waals surface area (Å²) in [7, 11) is -3.84. The zero-order chi connectivity index (χ0) is 12.0. The smallest absolute Gasteiger partial charge is 0.264 e. The van der Waals surface area contributed by atoms with Crippen LogP contribution in [0.1, 0.15) is 18.9 Å². The van der Waals surface area contributed by atoms with E-state index in [4.69, 9.17) is 9.29 Å². The van der Waals surface area contributed by atoms with Gasteiger partial charge >= 0.3 is 0 Å². The average Bonchev–Trinajstić information content (AvgIpc) is 2.19. The van der Waals surface area contributed by atoms with Crippen LogP contribution in [-0.4, -0.2) is 25.3 Å². The molecule has 0 spiro atoms. The van der Waals surface area contributed by atoms with Gasteiger partial charge in [0.1, 0.15) is 5.75 Å². The fraction of sp³-hybridized carbons (Fsp3) is 0.455. The van der Waals surface area contributed by atoms with Gasteiger partial charge in [-0.1, -0.05) is 12.1 Å². The lowest BCUT2D eigenvalue weighted by molar-refractivity contribution is 0.340. The Morgan fingerprint density at radius 1 is 1.25 bits per heavy atom. The van der Waals surface area contributed by atoms with E-state index in [9.17, 15) is 8.42 Å². The molecule has 0 aliphatic rings. The number of benzene rings is 1. The predicted molar refractivity (Wildman–Crippen MR) is 62.3 cm³/mol. The van der Waals surface area contributed by atoms with Gasteiger partial charge in [-0.25, -0.2) is 0 Å². The Morgan fingerprint density at radius 3 is 2.38 bits per heavy atom. The first-order chi connectivity index (χ1) is 7.51. The average molecular weight is 244 g/mol. The van der Waals surface area contributed by atoms with Crippen molar-refractivity contribution >= 4 is 10.1 Å². The quantitative estimate of drug-likeness (QED) is 0.776. The Hall–Kier alpha value is -1.07. The van der Waals surface area contributed by atoms with Crippen LogP contribution in [0.5, 0.6) is 5.75 Å². The van der Waals surface area contributed by atoms with Crippen molar-refractivity contribution in [3.63, 3.8) is 0 Å². The Morgan fingerprint density at radius 2 is 1.88 bits per heavy atom. The van der Waals surface area contributed by atoms with Gasteiger partial charge in [-0.3, -0.25) is 4.55 Å². The van der Waals surface area contributed by atoms with Crippen LogP contribution < -0.4 is 4.74 Å². The maximum Gasteiger partial charge on any atom is 0.264 e. The van der Waals surface area contributed by atoms with Gasteiger partial charge in [-0.15, -0.1) is 0 Å². The second-order valence-electron chi connectivity index (χ2n) is 3.47. The second kappa shape index (κ2) is 5.86. The van der Waals surface area contributed by atoms with E-state index in [-0.39, 0.29) is 5.75 Å². The second-order valence-corrected chi connectivity index (χ2v) is 5.04. The molecule has 90 valence electrons. The lowest BCUT2D eigenvalue weighted by Crippen LogP contribution is -2.04. The van der Waals surface area contributed by atoms with Crippen molar-refractivity contribution in [2.75, 3.05) is 12.4 Å². The van der Waals surface area contributed by atoms with E-state index in [2.05, 4.69) is 0 Å². The molecule has 0 aliphatic carbocycles. The molecule has 0 aliphatic heterocycles. The molecule has 0 unspecified atom stereocenters. The molecule has 0 saturated carbocycles. The van der Waals surface area contributed by atoms with Gasteiger partial charge in [0.05, 0.1) is 12.4 Å². The lowest BCUT2D eigenvalue weighted by atomic mass is 10.1. The Balaban J connectivity index is 2.43. The van der Waals surface area contributed by atoms with E-state index >= 15 is 0 Å². The summed E-state index contributed by atoms with van der Waals surface area (Å²) < 4.78 is 34.8. The number of aryl methyl sites for hydroxylation is 1. The third kappa shape index (κ3) is 5.14. The molecular weight excluding hydrogens is 228 g/mol. The van der Waals surface area contributed by atoms with Crippen molar-refractivity contribution in [2.45, 2.75) is 19.8 Å². The monoisotopic (exact) mass is 244 g/mol. The summed E-state index contributed by atoms with van der Waals surface area (Å²) in [4.78, 5) is 0. The van der Waals surface area contributed by atoms with Crippen LogP contribution in [0, 0.1) is 0 Å². The van der Waals surface area contributed by atoms with Crippen LogP contribution in [0.15, 0.2) is 24.3 Å². The maximum absolute atomic E-state index is 10.5. The fourth-order valence-electron chi connectivity index (χ4n) is 1.38. The number of rotatable bonds is 6. The molecule has 0 bridgehead atoms. The molecule has 0 radical (unpaired) electrons. The highest BCUT2D eigenvalue weighted by Gasteiger charge is 2.04. The molecule has 0 aromatic heterocycles. The minimum Gasteiger partial charge on any atom is -0.494 e. The lowest BCUT2D eigenvalue weighted by Gasteiger charge is -2.04.